The van der Waals surface area contributed by atoms with E-state index in [4.69, 9.17) is 0 Å². The van der Waals surface area contributed by atoms with Gasteiger partial charge in [0.1, 0.15) is 0 Å². The summed E-state index contributed by atoms with van der Waals surface area (Å²) in [6, 6.07) is 0. The number of likely N-dealkylation sites (N-methyl/N-ethyl adjacent to an activating group) is 1. The zero-order chi connectivity index (χ0) is 11.9. The Hall–Kier alpha value is -0.870. The van der Waals surface area contributed by atoms with Crippen LogP contribution in [0, 0.1) is 0 Å². The molecule has 0 aromatic rings. The number of hydrogen-bond acceptors (Lipinski definition) is 3. The van der Waals surface area contributed by atoms with Gasteiger partial charge in [-0.2, -0.15) is 0 Å². The maximum atomic E-state index is 11.4. The van der Waals surface area contributed by atoms with Crippen LogP contribution in [0.25, 0.3) is 0 Å². The lowest BCUT2D eigenvalue weighted by atomic mass is 10.1. The van der Waals surface area contributed by atoms with E-state index in [2.05, 4.69) is 11.9 Å². The van der Waals surface area contributed by atoms with E-state index in [1.54, 1.807) is 19.9 Å². The first-order valence-electron chi connectivity index (χ1n) is 5.21. The Morgan fingerprint density at radius 1 is 1.60 bits per heavy atom. The zero-order valence-electron chi connectivity index (χ0n) is 9.92. The molecule has 0 bridgehead atoms. The molecule has 0 aromatic heterocycles. The monoisotopic (exact) mass is 214 g/mol. The molecule has 0 aliphatic heterocycles. The minimum Gasteiger partial charge on any atom is -0.389 e. The molecule has 0 spiro atoms. The number of nitrogens with zero attached hydrogens (tertiary/aromatic N) is 1. The number of rotatable bonds is 7. The highest BCUT2D eigenvalue weighted by Crippen LogP contribution is 2.03. The fourth-order valence-corrected chi connectivity index (χ4v) is 1.27. The first kappa shape index (κ1) is 14.1. The lowest BCUT2D eigenvalue weighted by Gasteiger charge is -2.27. The molecule has 4 heteroatoms. The highest BCUT2D eigenvalue weighted by molar-refractivity contribution is 5.78. The summed E-state index contributed by atoms with van der Waals surface area (Å²) >= 11 is 0. The Morgan fingerprint density at radius 3 is 2.60 bits per heavy atom. The van der Waals surface area contributed by atoms with Crippen molar-refractivity contribution >= 4 is 5.91 Å². The number of amides is 1. The molecule has 15 heavy (non-hydrogen) atoms. The van der Waals surface area contributed by atoms with Gasteiger partial charge >= 0.3 is 0 Å². The molecule has 0 rings (SSSR count). The van der Waals surface area contributed by atoms with Crippen LogP contribution in [-0.4, -0.2) is 47.7 Å². The molecule has 0 unspecified atom stereocenters. The van der Waals surface area contributed by atoms with Crippen LogP contribution in [0.3, 0.4) is 0 Å². The van der Waals surface area contributed by atoms with E-state index >= 15 is 0 Å². The third-order valence-corrected chi connectivity index (χ3v) is 1.87. The van der Waals surface area contributed by atoms with Crippen molar-refractivity contribution in [3.05, 3.63) is 12.7 Å². The number of aliphatic hydroxyl groups is 1. The fourth-order valence-electron chi connectivity index (χ4n) is 1.27. The minimum absolute atomic E-state index is 0.0407. The average Bonchev–Trinajstić information content (AvgIpc) is 2.11. The number of carbonyl (C=O) groups is 1. The zero-order valence-corrected chi connectivity index (χ0v) is 9.92. The molecule has 0 saturated heterocycles. The van der Waals surface area contributed by atoms with Gasteiger partial charge in [-0.3, -0.25) is 9.69 Å². The molecule has 0 atom stereocenters. The largest absolute Gasteiger partial charge is 0.389 e. The summed E-state index contributed by atoms with van der Waals surface area (Å²) in [6.07, 6.45) is 1.64. The standard InChI is InChI=1S/C11H22N2O2/c1-5-7-12-10(14)8-13(6-2)9-11(3,4)15/h5,15H,1,6-9H2,2-4H3,(H,12,14). The van der Waals surface area contributed by atoms with Crippen molar-refractivity contribution in [2.75, 3.05) is 26.2 Å². The number of nitrogens with one attached hydrogen (secondary N) is 1. The van der Waals surface area contributed by atoms with Crippen molar-refractivity contribution < 1.29 is 9.90 Å². The summed E-state index contributed by atoms with van der Waals surface area (Å²) in [5.74, 6) is -0.0407. The van der Waals surface area contributed by atoms with Gasteiger partial charge in [-0.05, 0) is 20.4 Å². The maximum Gasteiger partial charge on any atom is 0.234 e. The lowest BCUT2D eigenvalue weighted by molar-refractivity contribution is -0.122. The van der Waals surface area contributed by atoms with E-state index in [-0.39, 0.29) is 5.91 Å². The molecular formula is C11H22N2O2. The SMILES string of the molecule is C=CCNC(=O)CN(CC)CC(C)(C)O. The molecule has 1 amide bonds. The predicted octanol–water partition coefficient (Wildman–Crippen LogP) is 0.381. The van der Waals surface area contributed by atoms with Crippen molar-refractivity contribution in [2.45, 2.75) is 26.4 Å². The Balaban J connectivity index is 3.98. The molecule has 0 fully saturated rings. The summed E-state index contributed by atoms with van der Waals surface area (Å²) in [5.41, 5.74) is -0.769. The second kappa shape index (κ2) is 6.58. The van der Waals surface area contributed by atoms with Gasteiger partial charge in [0.05, 0.1) is 12.1 Å². The Labute approximate surface area is 92.0 Å². The van der Waals surface area contributed by atoms with Gasteiger partial charge in [0.15, 0.2) is 0 Å². The topological polar surface area (TPSA) is 52.6 Å². The van der Waals surface area contributed by atoms with Crippen molar-refractivity contribution in [1.82, 2.24) is 10.2 Å². The minimum atomic E-state index is -0.769. The van der Waals surface area contributed by atoms with Crippen LogP contribution in [0.4, 0.5) is 0 Å². The van der Waals surface area contributed by atoms with Gasteiger partial charge in [0, 0.05) is 13.1 Å². The van der Waals surface area contributed by atoms with Gasteiger partial charge in [-0.1, -0.05) is 13.0 Å². The lowest BCUT2D eigenvalue weighted by Crippen LogP contribution is -2.44. The third-order valence-electron chi connectivity index (χ3n) is 1.87. The highest BCUT2D eigenvalue weighted by atomic mass is 16.3. The van der Waals surface area contributed by atoms with E-state index in [1.165, 1.54) is 0 Å². The Morgan fingerprint density at radius 2 is 2.20 bits per heavy atom. The first-order chi connectivity index (χ1) is 6.89. The molecule has 88 valence electrons. The van der Waals surface area contributed by atoms with Crippen LogP contribution in [-0.2, 0) is 4.79 Å². The van der Waals surface area contributed by atoms with Crippen LogP contribution >= 0.6 is 0 Å². The van der Waals surface area contributed by atoms with E-state index in [1.807, 2.05) is 11.8 Å². The summed E-state index contributed by atoms with van der Waals surface area (Å²) < 4.78 is 0. The van der Waals surface area contributed by atoms with Crippen molar-refractivity contribution in [3.8, 4) is 0 Å². The van der Waals surface area contributed by atoms with Gasteiger partial charge in [0.25, 0.3) is 0 Å². The quantitative estimate of drug-likeness (QED) is 0.602. The smallest absolute Gasteiger partial charge is 0.234 e. The fraction of sp³-hybridized carbons (Fsp3) is 0.727. The summed E-state index contributed by atoms with van der Waals surface area (Å²) in [6.45, 7) is 11.0. The summed E-state index contributed by atoms with van der Waals surface area (Å²) in [4.78, 5) is 13.3. The molecule has 4 nitrogen and oxygen atoms in total. The molecule has 2 N–H and O–H groups in total. The van der Waals surface area contributed by atoms with Gasteiger partial charge in [-0.25, -0.2) is 0 Å². The maximum absolute atomic E-state index is 11.4. The van der Waals surface area contributed by atoms with Crippen molar-refractivity contribution in [3.63, 3.8) is 0 Å². The molecule has 0 aromatic carbocycles. The highest BCUT2D eigenvalue weighted by Gasteiger charge is 2.18. The Kier molecular flexibility index (Phi) is 6.20. The second-order valence-electron chi connectivity index (χ2n) is 4.21. The van der Waals surface area contributed by atoms with Crippen LogP contribution in [0.5, 0.6) is 0 Å². The summed E-state index contributed by atoms with van der Waals surface area (Å²) in [7, 11) is 0. The molecule has 0 aliphatic rings. The van der Waals surface area contributed by atoms with Crippen LogP contribution in [0.15, 0.2) is 12.7 Å². The predicted molar refractivity (Wildman–Crippen MR) is 61.6 cm³/mol. The van der Waals surface area contributed by atoms with Crippen LogP contribution in [0.2, 0.25) is 0 Å². The molecule has 0 heterocycles. The van der Waals surface area contributed by atoms with Gasteiger partial charge in [-0.15, -0.1) is 6.58 Å². The van der Waals surface area contributed by atoms with E-state index in [0.29, 0.717) is 19.6 Å². The van der Waals surface area contributed by atoms with Crippen molar-refractivity contribution in [2.24, 2.45) is 0 Å². The van der Waals surface area contributed by atoms with Gasteiger partial charge < -0.3 is 10.4 Å². The average molecular weight is 214 g/mol. The number of hydrogen-bond donors (Lipinski definition) is 2. The Bertz CT molecular complexity index is 209. The molecule has 0 radical (unpaired) electrons. The van der Waals surface area contributed by atoms with Crippen molar-refractivity contribution in [1.29, 1.82) is 0 Å². The molecule has 0 saturated carbocycles. The summed E-state index contributed by atoms with van der Waals surface area (Å²) in [5, 5.41) is 12.3. The third kappa shape index (κ3) is 8.15. The number of carbonyl (C=O) groups excluding carboxylic acids is 1. The van der Waals surface area contributed by atoms with Crippen LogP contribution in [0.1, 0.15) is 20.8 Å². The molecular weight excluding hydrogens is 192 g/mol. The molecule has 0 aliphatic carbocycles. The van der Waals surface area contributed by atoms with E-state index < -0.39 is 5.60 Å². The first-order valence-corrected chi connectivity index (χ1v) is 5.21. The normalized spacial score (nSPS) is 11.5. The van der Waals surface area contributed by atoms with E-state index in [0.717, 1.165) is 6.54 Å². The van der Waals surface area contributed by atoms with E-state index in [9.17, 15) is 9.90 Å². The van der Waals surface area contributed by atoms with Crippen LogP contribution < -0.4 is 5.32 Å². The second-order valence-corrected chi connectivity index (χ2v) is 4.21. The van der Waals surface area contributed by atoms with Gasteiger partial charge in [0.2, 0.25) is 5.91 Å².